The molecule has 1 fully saturated rings. The Morgan fingerprint density at radius 2 is 2.27 bits per heavy atom. The van der Waals surface area contributed by atoms with Gasteiger partial charge in [-0.25, -0.2) is 4.79 Å². The topological polar surface area (TPSA) is 95.7 Å². The van der Waals surface area contributed by atoms with E-state index in [4.69, 9.17) is 0 Å². The van der Waals surface area contributed by atoms with Gasteiger partial charge in [-0.3, -0.25) is 10.1 Å². The van der Waals surface area contributed by atoms with Gasteiger partial charge in [-0.05, 0) is 32.3 Å². The van der Waals surface area contributed by atoms with E-state index in [0.29, 0.717) is 12.1 Å². The summed E-state index contributed by atoms with van der Waals surface area (Å²) in [4.78, 5) is 24.2. The number of nitro benzene ring substituents is 1. The van der Waals surface area contributed by atoms with E-state index < -0.39 is 10.5 Å². The van der Waals surface area contributed by atoms with Gasteiger partial charge in [0.1, 0.15) is 0 Å². The number of nitrogens with one attached hydrogen (secondary N) is 1. The molecule has 2 N–H and O–H groups in total. The number of carbonyl (C=O) groups is 1. The lowest BCUT2D eigenvalue weighted by atomic mass is 9.97. The highest BCUT2D eigenvalue weighted by atomic mass is 16.6. The SMILES string of the molecule is CC(C)(O)C1CCCN1C(=O)NCc1cccc([N+](=O)[O-])c1. The van der Waals surface area contributed by atoms with Crippen LogP contribution in [0.15, 0.2) is 24.3 Å². The molecular weight excluding hydrogens is 286 g/mol. The number of urea groups is 1. The number of amides is 2. The van der Waals surface area contributed by atoms with Crippen LogP contribution in [0.5, 0.6) is 0 Å². The van der Waals surface area contributed by atoms with Crippen LogP contribution in [0.3, 0.4) is 0 Å². The number of rotatable bonds is 4. The average Bonchev–Trinajstić information content (AvgIpc) is 2.94. The fourth-order valence-corrected chi connectivity index (χ4v) is 2.80. The van der Waals surface area contributed by atoms with Crippen LogP contribution in [0.2, 0.25) is 0 Å². The van der Waals surface area contributed by atoms with Crippen molar-refractivity contribution in [1.29, 1.82) is 0 Å². The highest BCUT2D eigenvalue weighted by Crippen LogP contribution is 2.26. The third-order valence-corrected chi connectivity index (χ3v) is 3.89. The van der Waals surface area contributed by atoms with Gasteiger partial charge in [0.05, 0.1) is 16.6 Å². The van der Waals surface area contributed by atoms with E-state index in [2.05, 4.69) is 5.32 Å². The molecule has 120 valence electrons. The second-order valence-corrected chi connectivity index (χ2v) is 6.09. The highest BCUT2D eigenvalue weighted by Gasteiger charge is 2.38. The molecule has 1 aliphatic heterocycles. The summed E-state index contributed by atoms with van der Waals surface area (Å²) in [5, 5.41) is 23.6. The largest absolute Gasteiger partial charge is 0.388 e. The Labute approximate surface area is 129 Å². The predicted molar refractivity (Wildman–Crippen MR) is 81.4 cm³/mol. The van der Waals surface area contributed by atoms with Gasteiger partial charge in [-0.2, -0.15) is 0 Å². The van der Waals surface area contributed by atoms with E-state index in [1.165, 1.54) is 12.1 Å². The molecule has 2 amide bonds. The van der Waals surface area contributed by atoms with Crippen LogP contribution in [0.1, 0.15) is 32.3 Å². The molecule has 0 aromatic heterocycles. The summed E-state index contributed by atoms with van der Waals surface area (Å²) < 4.78 is 0. The Morgan fingerprint density at radius 3 is 2.91 bits per heavy atom. The number of likely N-dealkylation sites (tertiary alicyclic amines) is 1. The predicted octanol–water partition coefficient (Wildman–Crippen LogP) is 2.04. The summed E-state index contributed by atoms with van der Waals surface area (Å²) in [6.07, 6.45) is 1.63. The smallest absolute Gasteiger partial charge is 0.318 e. The number of hydrogen-bond donors (Lipinski definition) is 2. The van der Waals surface area contributed by atoms with Crippen molar-refractivity contribution in [3.05, 3.63) is 39.9 Å². The second kappa shape index (κ2) is 6.31. The van der Waals surface area contributed by atoms with Gasteiger partial charge in [0.2, 0.25) is 0 Å². The van der Waals surface area contributed by atoms with Crippen LogP contribution in [0, 0.1) is 10.1 Å². The van der Waals surface area contributed by atoms with Crippen molar-refractivity contribution in [2.24, 2.45) is 0 Å². The summed E-state index contributed by atoms with van der Waals surface area (Å²) in [7, 11) is 0. The maximum absolute atomic E-state index is 12.3. The van der Waals surface area contributed by atoms with E-state index in [-0.39, 0.29) is 24.3 Å². The van der Waals surface area contributed by atoms with Crippen LogP contribution in [0.4, 0.5) is 10.5 Å². The second-order valence-electron chi connectivity index (χ2n) is 6.09. The minimum absolute atomic E-state index is 0.00212. The Hall–Kier alpha value is -2.15. The first-order chi connectivity index (χ1) is 10.3. The molecule has 0 aliphatic carbocycles. The van der Waals surface area contributed by atoms with Gasteiger partial charge in [-0.15, -0.1) is 0 Å². The summed E-state index contributed by atoms with van der Waals surface area (Å²) >= 11 is 0. The molecular formula is C15H21N3O4. The minimum Gasteiger partial charge on any atom is -0.388 e. The van der Waals surface area contributed by atoms with Crippen LogP contribution < -0.4 is 5.32 Å². The monoisotopic (exact) mass is 307 g/mol. The van der Waals surface area contributed by atoms with Crippen molar-refractivity contribution in [1.82, 2.24) is 10.2 Å². The zero-order valence-corrected chi connectivity index (χ0v) is 12.8. The molecule has 0 spiro atoms. The standard InChI is InChI=1S/C15H21N3O4/c1-15(2,20)13-7-4-8-17(13)14(19)16-10-11-5-3-6-12(9-11)18(21)22/h3,5-6,9,13,20H,4,7-8,10H2,1-2H3,(H,16,19). The number of benzene rings is 1. The molecule has 0 bridgehead atoms. The maximum Gasteiger partial charge on any atom is 0.318 e. The van der Waals surface area contributed by atoms with E-state index in [1.54, 1.807) is 30.9 Å². The van der Waals surface area contributed by atoms with Crippen molar-refractivity contribution >= 4 is 11.7 Å². The Morgan fingerprint density at radius 1 is 1.55 bits per heavy atom. The lowest BCUT2D eigenvalue weighted by Crippen LogP contribution is -2.51. The Balaban J connectivity index is 1.98. The molecule has 1 aromatic carbocycles. The zero-order valence-electron chi connectivity index (χ0n) is 12.8. The highest BCUT2D eigenvalue weighted by molar-refractivity contribution is 5.75. The Bertz CT molecular complexity index is 568. The molecule has 7 heteroatoms. The minimum atomic E-state index is -0.945. The zero-order chi connectivity index (χ0) is 16.3. The van der Waals surface area contributed by atoms with Crippen molar-refractivity contribution in [3.63, 3.8) is 0 Å². The lowest BCUT2D eigenvalue weighted by molar-refractivity contribution is -0.384. The van der Waals surface area contributed by atoms with Crippen molar-refractivity contribution in [2.75, 3.05) is 6.54 Å². The molecule has 1 saturated heterocycles. The third-order valence-electron chi connectivity index (χ3n) is 3.89. The number of non-ortho nitro benzene ring substituents is 1. The summed E-state index contributed by atoms with van der Waals surface area (Å²) in [5.41, 5.74) is -0.275. The molecule has 0 saturated carbocycles. The van der Waals surface area contributed by atoms with Gasteiger partial charge in [-0.1, -0.05) is 12.1 Å². The number of hydrogen-bond acceptors (Lipinski definition) is 4. The van der Waals surface area contributed by atoms with Crippen molar-refractivity contribution < 1.29 is 14.8 Å². The molecule has 1 aliphatic rings. The van der Waals surface area contributed by atoms with Crippen molar-refractivity contribution in [3.8, 4) is 0 Å². The summed E-state index contributed by atoms with van der Waals surface area (Å²) in [5.74, 6) is 0. The molecule has 22 heavy (non-hydrogen) atoms. The first kappa shape index (κ1) is 16.2. The quantitative estimate of drug-likeness (QED) is 0.657. The normalized spacial score (nSPS) is 18.3. The van der Waals surface area contributed by atoms with E-state index >= 15 is 0 Å². The first-order valence-corrected chi connectivity index (χ1v) is 7.29. The number of nitro groups is 1. The molecule has 1 unspecified atom stereocenters. The Kier molecular flexibility index (Phi) is 4.65. The van der Waals surface area contributed by atoms with Crippen LogP contribution in [0.25, 0.3) is 0 Å². The fraction of sp³-hybridized carbons (Fsp3) is 0.533. The fourth-order valence-electron chi connectivity index (χ4n) is 2.80. The first-order valence-electron chi connectivity index (χ1n) is 7.29. The molecule has 2 rings (SSSR count). The number of nitrogens with zero attached hydrogens (tertiary/aromatic N) is 2. The van der Waals surface area contributed by atoms with Gasteiger partial charge in [0.25, 0.3) is 5.69 Å². The third kappa shape index (κ3) is 3.73. The molecule has 1 atom stereocenters. The van der Waals surface area contributed by atoms with Gasteiger partial charge >= 0.3 is 6.03 Å². The van der Waals surface area contributed by atoms with Gasteiger partial charge < -0.3 is 15.3 Å². The maximum atomic E-state index is 12.3. The van der Waals surface area contributed by atoms with Crippen LogP contribution >= 0.6 is 0 Å². The van der Waals surface area contributed by atoms with E-state index in [1.807, 2.05) is 0 Å². The molecule has 1 aromatic rings. The van der Waals surface area contributed by atoms with E-state index in [9.17, 15) is 20.0 Å². The molecule has 7 nitrogen and oxygen atoms in total. The van der Waals surface area contributed by atoms with Crippen LogP contribution in [-0.2, 0) is 6.54 Å². The summed E-state index contributed by atoms with van der Waals surface area (Å²) in [6, 6.07) is 5.71. The average molecular weight is 307 g/mol. The molecule has 1 heterocycles. The van der Waals surface area contributed by atoms with Gasteiger partial charge in [0.15, 0.2) is 0 Å². The number of aliphatic hydroxyl groups is 1. The van der Waals surface area contributed by atoms with E-state index in [0.717, 1.165) is 12.8 Å². The van der Waals surface area contributed by atoms with Crippen LogP contribution in [-0.4, -0.2) is 39.1 Å². The lowest BCUT2D eigenvalue weighted by Gasteiger charge is -2.33. The molecule has 0 radical (unpaired) electrons. The van der Waals surface area contributed by atoms with Gasteiger partial charge in [0, 0.05) is 25.2 Å². The van der Waals surface area contributed by atoms with Crippen molar-refractivity contribution in [2.45, 2.75) is 44.9 Å². The summed E-state index contributed by atoms with van der Waals surface area (Å²) in [6.45, 7) is 4.22. The number of carbonyl (C=O) groups excluding carboxylic acids is 1.